The highest BCUT2D eigenvalue weighted by Gasteiger charge is 2.48. The monoisotopic (exact) mass is 294 g/mol. The van der Waals surface area contributed by atoms with Gasteiger partial charge in [0.1, 0.15) is 0 Å². The molecule has 0 bridgehead atoms. The van der Waals surface area contributed by atoms with E-state index in [1.54, 1.807) is 0 Å². The van der Waals surface area contributed by atoms with E-state index < -0.39 is 12.1 Å². The van der Waals surface area contributed by atoms with Crippen LogP contribution in [0.3, 0.4) is 0 Å². The predicted molar refractivity (Wildman–Crippen MR) is 84.0 cm³/mol. The third-order valence-electron chi connectivity index (χ3n) is 5.14. The molecule has 1 spiro atoms. The summed E-state index contributed by atoms with van der Waals surface area (Å²) >= 11 is 0. The lowest BCUT2D eigenvalue weighted by molar-refractivity contribution is -0.155. The molecule has 0 amide bonds. The second kappa shape index (κ2) is 4.68. The van der Waals surface area contributed by atoms with Crippen LogP contribution in [0.1, 0.15) is 29.5 Å². The van der Waals surface area contributed by atoms with Crippen molar-refractivity contribution in [1.82, 2.24) is 0 Å². The Bertz CT molecular complexity index is 765. The minimum absolute atomic E-state index is 0.224. The number of rotatable bonds is 1. The smallest absolute Gasteiger partial charge is 0.332 e. The quantitative estimate of drug-likeness (QED) is 0.875. The lowest BCUT2D eigenvalue weighted by Crippen LogP contribution is -2.42. The van der Waals surface area contributed by atoms with E-state index in [-0.39, 0.29) is 5.41 Å². The van der Waals surface area contributed by atoms with Gasteiger partial charge in [-0.2, -0.15) is 0 Å². The number of hydrogen-bond acceptors (Lipinski definition) is 2. The van der Waals surface area contributed by atoms with Gasteiger partial charge in [-0.05, 0) is 47.6 Å². The summed E-state index contributed by atoms with van der Waals surface area (Å²) in [6.45, 7) is 2.61. The standard InChI is InChI=1S/C19H18O3/c1-12-5-4-7-14-13-6-2-3-8-15(13)19(17(12)14)9-10-22-16(11-19)18(20)21/h2-8,16H,9-11H2,1H3,(H,20,21). The van der Waals surface area contributed by atoms with Gasteiger partial charge in [-0.1, -0.05) is 42.5 Å². The molecule has 1 aliphatic heterocycles. The van der Waals surface area contributed by atoms with E-state index >= 15 is 0 Å². The molecule has 0 saturated carbocycles. The maximum Gasteiger partial charge on any atom is 0.332 e. The van der Waals surface area contributed by atoms with Crippen LogP contribution in [-0.4, -0.2) is 23.8 Å². The Morgan fingerprint density at radius 2 is 1.95 bits per heavy atom. The first-order valence-electron chi connectivity index (χ1n) is 7.68. The molecule has 4 rings (SSSR count). The number of carboxylic acids is 1. The second-order valence-corrected chi connectivity index (χ2v) is 6.28. The molecule has 2 aliphatic rings. The molecule has 0 aromatic heterocycles. The first-order chi connectivity index (χ1) is 10.6. The Hall–Kier alpha value is -2.13. The Morgan fingerprint density at radius 1 is 1.18 bits per heavy atom. The first kappa shape index (κ1) is 13.5. The van der Waals surface area contributed by atoms with Crippen LogP contribution < -0.4 is 0 Å². The summed E-state index contributed by atoms with van der Waals surface area (Å²) in [5, 5.41) is 9.42. The molecule has 3 heteroatoms. The summed E-state index contributed by atoms with van der Waals surface area (Å²) < 4.78 is 5.50. The van der Waals surface area contributed by atoms with Gasteiger partial charge in [-0.25, -0.2) is 4.79 Å². The maximum absolute atomic E-state index is 11.5. The molecule has 112 valence electrons. The Morgan fingerprint density at radius 3 is 2.77 bits per heavy atom. The van der Waals surface area contributed by atoms with Gasteiger partial charge in [0.2, 0.25) is 0 Å². The van der Waals surface area contributed by atoms with E-state index in [2.05, 4.69) is 43.3 Å². The molecule has 1 saturated heterocycles. The minimum Gasteiger partial charge on any atom is -0.479 e. The van der Waals surface area contributed by atoms with E-state index in [0.29, 0.717) is 13.0 Å². The summed E-state index contributed by atoms with van der Waals surface area (Å²) in [6, 6.07) is 14.8. The highest BCUT2D eigenvalue weighted by atomic mass is 16.5. The van der Waals surface area contributed by atoms with E-state index in [4.69, 9.17) is 4.74 Å². The van der Waals surface area contributed by atoms with E-state index in [9.17, 15) is 9.90 Å². The Labute approximate surface area is 129 Å². The molecule has 1 N–H and O–H groups in total. The fourth-order valence-electron chi connectivity index (χ4n) is 4.28. The summed E-state index contributed by atoms with van der Waals surface area (Å²) in [5.74, 6) is -0.862. The number of aryl methyl sites for hydroxylation is 1. The molecular weight excluding hydrogens is 276 g/mol. The van der Waals surface area contributed by atoms with Crippen LogP contribution in [0.5, 0.6) is 0 Å². The number of carboxylic acid groups (broad SMARTS) is 1. The number of benzene rings is 2. The third-order valence-corrected chi connectivity index (χ3v) is 5.14. The zero-order valence-corrected chi connectivity index (χ0v) is 12.5. The largest absolute Gasteiger partial charge is 0.479 e. The second-order valence-electron chi connectivity index (χ2n) is 6.28. The highest BCUT2D eigenvalue weighted by Crippen LogP contribution is 2.55. The lowest BCUT2D eigenvalue weighted by atomic mass is 9.69. The number of carbonyl (C=O) groups is 1. The van der Waals surface area contributed by atoms with Gasteiger partial charge < -0.3 is 9.84 Å². The molecule has 1 heterocycles. The zero-order valence-electron chi connectivity index (χ0n) is 12.5. The molecule has 2 aromatic rings. The van der Waals surface area contributed by atoms with Crippen LogP contribution in [0.25, 0.3) is 11.1 Å². The van der Waals surface area contributed by atoms with Crippen molar-refractivity contribution < 1.29 is 14.6 Å². The zero-order chi connectivity index (χ0) is 15.3. The van der Waals surface area contributed by atoms with Crippen LogP contribution in [0.2, 0.25) is 0 Å². The van der Waals surface area contributed by atoms with Crippen molar-refractivity contribution in [3.8, 4) is 11.1 Å². The van der Waals surface area contributed by atoms with Gasteiger partial charge in [0.15, 0.2) is 6.10 Å². The molecule has 1 fully saturated rings. The lowest BCUT2D eigenvalue weighted by Gasteiger charge is -2.39. The molecule has 0 radical (unpaired) electrons. The number of fused-ring (bicyclic) bond motifs is 5. The van der Waals surface area contributed by atoms with Gasteiger partial charge in [0.05, 0.1) is 0 Å². The van der Waals surface area contributed by atoms with E-state index in [1.165, 1.54) is 27.8 Å². The van der Waals surface area contributed by atoms with Gasteiger partial charge in [-0.15, -0.1) is 0 Å². The molecule has 22 heavy (non-hydrogen) atoms. The summed E-state index contributed by atoms with van der Waals surface area (Å²) in [4.78, 5) is 11.5. The third kappa shape index (κ3) is 1.69. The van der Waals surface area contributed by atoms with Gasteiger partial charge >= 0.3 is 5.97 Å². The SMILES string of the molecule is Cc1cccc2c1C1(CCOC(C(=O)O)C1)c1ccccc1-2. The van der Waals surface area contributed by atoms with Crippen molar-refractivity contribution in [2.24, 2.45) is 0 Å². The Balaban J connectivity index is 1.98. The van der Waals surface area contributed by atoms with Crippen LogP contribution >= 0.6 is 0 Å². The first-order valence-corrected chi connectivity index (χ1v) is 7.68. The molecule has 2 unspecified atom stereocenters. The van der Waals surface area contributed by atoms with Gasteiger partial charge in [0.25, 0.3) is 0 Å². The van der Waals surface area contributed by atoms with E-state index in [0.717, 1.165) is 6.42 Å². The van der Waals surface area contributed by atoms with Crippen molar-refractivity contribution in [3.63, 3.8) is 0 Å². The maximum atomic E-state index is 11.5. The predicted octanol–water partition coefficient (Wildman–Crippen LogP) is 3.53. The van der Waals surface area contributed by atoms with Crippen molar-refractivity contribution in [1.29, 1.82) is 0 Å². The summed E-state index contributed by atoms with van der Waals surface area (Å²) in [5.41, 5.74) is 6.06. The number of aliphatic carboxylic acids is 1. The topological polar surface area (TPSA) is 46.5 Å². The number of hydrogen-bond donors (Lipinski definition) is 1. The fraction of sp³-hybridized carbons (Fsp3) is 0.316. The molecule has 2 atom stereocenters. The van der Waals surface area contributed by atoms with Crippen LogP contribution in [0.15, 0.2) is 42.5 Å². The molecule has 1 aliphatic carbocycles. The van der Waals surface area contributed by atoms with Crippen LogP contribution in [0, 0.1) is 6.92 Å². The van der Waals surface area contributed by atoms with Crippen molar-refractivity contribution >= 4 is 5.97 Å². The summed E-state index contributed by atoms with van der Waals surface area (Å²) in [6.07, 6.45) is 0.621. The average Bonchev–Trinajstić information content (AvgIpc) is 2.80. The molecule has 2 aromatic carbocycles. The van der Waals surface area contributed by atoms with Gasteiger partial charge in [-0.3, -0.25) is 0 Å². The highest BCUT2D eigenvalue weighted by molar-refractivity contribution is 5.83. The van der Waals surface area contributed by atoms with Crippen molar-refractivity contribution in [2.45, 2.75) is 31.3 Å². The van der Waals surface area contributed by atoms with Crippen LogP contribution in [-0.2, 0) is 14.9 Å². The average molecular weight is 294 g/mol. The minimum atomic E-state index is -0.862. The molecule has 3 nitrogen and oxygen atoms in total. The number of ether oxygens (including phenoxy) is 1. The van der Waals surface area contributed by atoms with Crippen molar-refractivity contribution in [2.75, 3.05) is 6.61 Å². The summed E-state index contributed by atoms with van der Waals surface area (Å²) in [7, 11) is 0. The Kier molecular flexibility index (Phi) is 2.88. The van der Waals surface area contributed by atoms with Crippen molar-refractivity contribution in [3.05, 3.63) is 59.2 Å². The van der Waals surface area contributed by atoms with Gasteiger partial charge in [0, 0.05) is 12.0 Å². The normalized spacial score (nSPS) is 25.8. The fourth-order valence-corrected chi connectivity index (χ4v) is 4.28. The molecular formula is C19H18O3. The van der Waals surface area contributed by atoms with Crippen LogP contribution in [0.4, 0.5) is 0 Å². The van der Waals surface area contributed by atoms with E-state index in [1.807, 2.05) is 6.07 Å².